The molecule has 2 aromatic heterocycles. The zero-order valence-corrected chi connectivity index (χ0v) is 12.4. The van der Waals surface area contributed by atoms with Crippen LogP contribution in [0.4, 0.5) is 0 Å². The first-order valence-corrected chi connectivity index (χ1v) is 7.88. The van der Waals surface area contributed by atoms with Crippen molar-refractivity contribution in [2.75, 3.05) is 6.54 Å². The Bertz CT molecular complexity index is 615. The molecule has 112 valence electrons. The Balaban J connectivity index is 1.52. The van der Waals surface area contributed by atoms with Gasteiger partial charge in [-0.2, -0.15) is 10.1 Å². The molecule has 6 nitrogen and oxygen atoms in total. The van der Waals surface area contributed by atoms with E-state index in [-0.39, 0.29) is 6.04 Å². The first-order chi connectivity index (χ1) is 10.3. The van der Waals surface area contributed by atoms with Crippen LogP contribution >= 0.6 is 0 Å². The molecular formula is C15H21N5O. The second-order valence-corrected chi connectivity index (χ2v) is 6.15. The minimum atomic E-state index is 0.284. The summed E-state index contributed by atoms with van der Waals surface area (Å²) in [5.41, 5.74) is 1.31. The topological polar surface area (TPSA) is 60.0 Å². The molecule has 1 unspecified atom stereocenters. The largest absolute Gasteiger partial charge is 0.340 e. The Hall–Kier alpha value is -1.69. The van der Waals surface area contributed by atoms with Gasteiger partial charge in [0.05, 0.1) is 17.8 Å². The van der Waals surface area contributed by atoms with E-state index in [9.17, 15) is 0 Å². The van der Waals surface area contributed by atoms with Gasteiger partial charge in [0.2, 0.25) is 5.89 Å². The van der Waals surface area contributed by atoms with Gasteiger partial charge in [0, 0.05) is 19.7 Å². The molecule has 2 fully saturated rings. The molecule has 1 aliphatic carbocycles. The molecule has 6 heteroatoms. The van der Waals surface area contributed by atoms with Crippen LogP contribution in [0.5, 0.6) is 0 Å². The number of likely N-dealkylation sites (tertiary alicyclic amines) is 1. The maximum atomic E-state index is 5.14. The summed E-state index contributed by atoms with van der Waals surface area (Å²) in [6, 6.07) is 3.05. The molecule has 1 aliphatic heterocycles. The third-order valence-electron chi connectivity index (χ3n) is 4.74. The highest BCUT2D eigenvalue weighted by Gasteiger charge is 2.31. The van der Waals surface area contributed by atoms with Crippen LogP contribution in [0.25, 0.3) is 0 Å². The third kappa shape index (κ3) is 2.37. The van der Waals surface area contributed by atoms with Crippen LogP contribution in [-0.2, 0) is 6.54 Å². The normalized spacial score (nSPS) is 23.6. The number of hydrogen-bond acceptors (Lipinski definition) is 5. The van der Waals surface area contributed by atoms with E-state index < -0.39 is 0 Å². The maximum absolute atomic E-state index is 5.14. The molecule has 0 radical (unpaired) electrons. The Labute approximate surface area is 124 Å². The van der Waals surface area contributed by atoms with Crippen molar-refractivity contribution in [1.29, 1.82) is 0 Å². The summed E-state index contributed by atoms with van der Waals surface area (Å²) >= 11 is 0. The van der Waals surface area contributed by atoms with Crippen LogP contribution in [0.2, 0.25) is 0 Å². The van der Waals surface area contributed by atoms with E-state index in [0.29, 0.717) is 11.9 Å². The molecule has 1 saturated heterocycles. The molecule has 21 heavy (non-hydrogen) atoms. The molecule has 1 saturated carbocycles. The Morgan fingerprint density at radius 2 is 2.19 bits per heavy atom. The van der Waals surface area contributed by atoms with Gasteiger partial charge in [-0.25, -0.2) is 0 Å². The lowest BCUT2D eigenvalue weighted by Crippen LogP contribution is -2.27. The molecule has 2 aliphatic rings. The fraction of sp³-hybridized carbons (Fsp3) is 0.667. The summed E-state index contributed by atoms with van der Waals surface area (Å²) in [6.45, 7) is 3.87. The van der Waals surface area contributed by atoms with Crippen LogP contribution in [-0.4, -0.2) is 31.4 Å². The van der Waals surface area contributed by atoms with E-state index >= 15 is 0 Å². The average Bonchev–Trinajstić information content (AvgIpc) is 3.10. The Morgan fingerprint density at radius 3 is 2.90 bits per heavy atom. The zero-order valence-electron chi connectivity index (χ0n) is 12.4. The maximum Gasteiger partial charge on any atom is 0.223 e. The first kappa shape index (κ1) is 13.0. The smallest absolute Gasteiger partial charge is 0.223 e. The molecule has 3 heterocycles. The molecule has 0 aromatic carbocycles. The number of nitrogens with zero attached hydrogens (tertiary/aromatic N) is 5. The highest BCUT2D eigenvalue weighted by molar-refractivity contribution is 5.06. The van der Waals surface area contributed by atoms with Gasteiger partial charge in [0.1, 0.15) is 0 Å². The lowest BCUT2D eigenvalue weighted by atomic mass is 9.93. The second kappa shape index (κ2) is 5.26. The highest BCUT2D eigenvalue weighted by atomic mass is 16.5. The van der Waals surface area contributed by atoms with Crippen LogP contribution in [0.1, 0.15) is 61.6 Å². The Kier molecular flexibility index (Phi) is 3.25. The predicted octanol–water partition coefficient (Wildman–Crippen LogP) is 2.64. The second-order valence-electron chi connectivity index (χ2n) is 6.15. The zero-order chi connectivity index (χ0) is 14.2. The highest BCUT2D eigenvalue weighted by Crippen LogP contribution is 2.34. The summed E-state index contributed by atoms with van der Waals surface area (Å²) in [7, 11) is 0. The summed E-state index contributed by atoms with van der Waals surface area (Å²) in [5, 5.41) is 8.63. The van der Waals surface area contributed by atoms with Gasteiger partial charge in [-0.3, -0.25) is 9.58 Å². The van der Waals surface area contributed by atoms with Crippen molar-refractivity contribution in [1.82, 2.24) is 24.8 Å². The van der Waals surface area contributed by atoms with E-state index in [2.05, 4.69) is 30.9 Å². The van der Waals surface area contributed by atoms with Gasteiger partial charge in [0.15, 0.2) is 5.82 Å². The van der Waals surface area contributed by atoms with E-state index in [4.69, 9.17) is 4.52 Å². The first-order valence-electron chi connectivity index (χ1n) is 7.88. The lowest BCUT2D eigenvalue weighted by Gasteiger charge is -2.29. The number of rotatable bonds is 4. The monoisotopic (exact) mass is 287 g/mol. The van der Waals surface area contributed by atoms with Crippen molar-refractivity contribution in [3.63, 3.8) is 0 Å². The van der Waals surface area contributed by atoms with E-state index in [1.165, 1.54) is 31.4 Å². The van der Waals surface area contributed by atoms with Crippen LogP contribution in [0.15, 0.2) is 16.8 Å². The molecule has 0 N–H and O–H groups in total. The van der Waals surface area contributed by atoms with Crippen LogP contribution in [0, 0.1) is 6.92 Å². The summed E-state index contributed by atoms with van der Waals surface area (Å²) in [6.07, 6.45) is 8.09. The van der Waals surface area contributed by atoms with Crippen molar-refractivity contribution in [2.45, 2.75) is 57.7 Å². The fourth-order valence-electron chi connectivity index (χ4n) is 3.39. The number of hydrogen-bond donors (Lipinski definition) is 0. The van der Waals surface area contributed by atoms with Crippen molar-refractivity contribution in [3.05, 3.63) is 29.7 Å². The molecular weight excluding hydrogens is 266 g/mol. The Morgan fingerprint density at radius 1 is 1.29 bits per heavy atom. The van der Waals surface area contributed by atoms with Crippen molar-refractivity contribution in [3.8, 4) is 0 Å². The molecule has 0 amide bonds. The molecule has 2 aromatic rings. The molecule has 0 spiro atoms. The molecule has 0 bridgehead atoms. The van der Waals surface area contributed by atoms with Crippen LogP contribution < -0.4 is 0 Å². The third-order valence-corrected chi connectivity index (χ3v) is 4.74. The van der Waals surface area contributed by atoms with Gasteiger partial charge in [-0.1, -0.05) is 5.16 Å². The van der Waals surface area contributed by atoms with Crippen LogP contribution in [0.3, 0.4) is 0 Å². The van der Waals surface area contributed by atoms with Crippen molar-refractivity contribution >= 4 is 0 Å². The summed E-state index contributed by atoms with van der Waals surface area (Å²) in [4.78, 5) is 6.87. The van der Waals surface area contributed by atoms with Gasteiger partial charge in [0.25, 0.3) is 0 Å². The quantitative estimate of drug-likeness (QED) is 0.865. The minimum absolute atomic E-state index is 0.284. The standard InChI is InChI=1S/C15H21N5O/c1-11-17-15(18-21-11)14-6-3-9-19(14)10-13-7-8-16-20(13)12-4-2-5-12/h7-8,12,14H,2-6,9-10H2,1H3. The summed E-state index contributed by atoms with van der Waals surface area (Å²) < 4.78 is 7.37. The van der Waals surface area contributed by atoms with Gasteiger partial charge in [-0.05, 0) is 44.7 Å². The summed E-state index contributed by atoms with van der Waals surface area (Å²) in [5.74, 6) is 1.48. The van der Waals surface area contributed by atoms with Gasteiger partial charge < -0.3 is 4.52 Å². The van der Waals surface area contributed by atoms with Crippen molar-refractivity contribution < 1.29 is 4.52 Å². The molecule has 4 rings (SSSR count). The lowest BCUT2D eigenvalue weighted by molar-refractivity contribution is 0.213. The number of aromatic nitrogens is 4. The predicted molar refractivity (Wildman–Crippen MR) is 76.5 cm³/mol. The number of aryl methyl sites for hydroxylation is 1. The van der Waals surface area contributed by atoms with E-state index in [1.54, 1.807) is 0 Å². The molecule has 1 atom stereocenters. The van der Waals surface area contributed by atoms with Crippen molar-refractivity contribution in [2.24, 2.45) is 0 Å². The van der Waals surface area contributed by atoms with Gasteiger partial charge >= 0.3 is 0 Å². The SMILES string of the molecule is Cc1nc(C2CCCN2Cc2ccnn2C2CCC2)no1. The van der Waals surface area contributed by atoms with E-state index in [1.807, 2.05) is 13.1 Å². The van der Waals surface area contributed by atoms with E-state index in [0.717, 1.165) is 25.3 Å². The average molecular weight is 287 g/mol. The fourth-order valence-corrected chi connectivity index (χ4v) is 3.39. The van der Waals surface area contributed by atoms with Gasteiger partial charge in [-0.15, -0.1) is 0 Å². The minimum Gasteiger partial charge on any atom is -0.340 e.